The molecule has 0 amide bonds. The average Bonchev–Trinajstić information content (AvgIpc) is 2.16. The first kappa shape index (κ1) is 10.5. The molecule has 0 saturated heterocycles. The van der Waals surface area contributed by atoms with Crippen molar-refractivity contribution in [2.75, 3.05) is 0 Å². The first-order valence-corrected chi connectivity index (χ1v) is 4.17. The predicted molar refractivity (Wildman–Crippen MR) is 53.5 cm³/mol. The van der Waals surface area contributed by atoms with Gasteiger partial charge in [-0.25, -0.2) is 4.79 Å². The third-order valence-corrected chi connectivity index (χ3v) is 1.91. The summed E-state index contributed by atoms with van der Waals surface area (Å²) in [6.45, 7) is 0. The summed E-state index contributed by atoms with van der Waals surface area (Å²) in [6, 6.07) is 4.70. The van der Waals surface area contributed by atoms with E-state index in [2.05, 4.69) is 0 Å². The Hall–Kier alpha value is -1.61. The van der Waals surface area contributed by atoms with Crippen LogP contribution in [0.25, 0.3) is 6.08 Å². The number of hydrogen-bond donors (Lipinski definition) is 1. The molecule has 0 aliphatic carbocycles. The number of rotatable bonds is 3. The summed E-state index contributed by atoms with van der Waals surface area (Å²) in [6.07, 6.45) is 3.02. The lowest BCUT2D eigenvalue weighted by Crippen LogP contribution is -1.87. The molecular formula is C10H7ClO3. The van der Waals surface area contributed by atoms with Crippen molar-refractivity contribution in [3.63, 3.8) is 0 Å². The molecule has 0 saturated carbocycles. The summed E-state index contributed by atoms with van der Waals surface area (Å²) in [5.74, 6) is -1.03. The van der Waals surface area contributed by atoms with Gasteiger partial charge in [0.15, 0.2) is 6.29 Å². The molecule has 72 valence electrons. The van der Waals surface area contributed by atoms with Gasteiger partial charge in [-0.05, 0) is 23.8 Å². The summed E-state index contributed by atoms with van der Waals surface area (Å²) in [7, 11) is 0. The zero-order valence-electron chi connectivity index (χ0n) is 7.11. The summed E-state index contributed by atoms with van der Waals surface area (Å²) < 4.78 is 0. The maximum atomic E-state index is 10.5. The van der Waals surface area contributed by atoms with Crippen LogP contribution in [0.2, 0.25) is 5.02 Å². The number of benzene rings is 1. The Balaban J connectivity index is 3.01. The van der Waals surface area contributed by atoms with Gasteiger partial charge in [0.05, 0.1) is 5.02 Å². The van der Waals surface area contributed by atoms with Gasteiger partial charge < -0.3 is 5.11 Å². The van der Waals surface area contributed by atoms with Gasteiger partial charge in [-0.3, -0.25) is 4.79 Å². The van der Waals surface area contributed by atoms with Crippen LogP contribution in [0.1, 0.15) is 15.9 Å². The van der Waals surface area contributed by atoms with Gasteiger partial charge in [-0.15, -0.1) is 0 Å². The maximum Gasteiger partial charge on any atom is 0.328 e. The van der Waals surface area contributed by atoms with Gasteiger partial charge in [-0.2, -0.15) is 0 Å². The first-order valence-electron chi connectivity index (χ1n) is 3.79. The van der Waals surface area contributed by atoms with Gasteiger partial charge in [0.1, 0.15) is 0 Å². The number of carboxylic acids is 1. The Labute approximate surface area is 85.6 Å². The van der Waals surface area contributed by atoms with Crippen LogP contribution in [0, 0.1) is 0 Å². The van der Waals surface area contributed by atoms with Crippen LogP contribution in [-0.2, 0) is 4.79 Å². The fourth-order valence-corrected chi connectivity index (χ4v) is 1.09. The number of aliphatic carboxylic acids is 1. The van der Waals surface area contributed by atoms with Crippen molar-refractivity contribution in [2.45, 2.75) is 0 Å². The Morgan fingerprint density at radius 1 is 1.43 bits per heavy atom. The molecule has 0 aliphatic heterocycles. The van der Waals surface area contributed by atoms with Gasteiger partial charge in [0.25, 0.3) is 0 Å². The second-order valence-electron chi connectivity index (χ2n) is 2.57. The Morgan fingerprint density at radius 2 is 2.14 bits per heavy atom. The second-order valence-corrected chi connectivity index (χ2v) is 2.98. The molecule has 0 bridgehead atoms. The van der Waals surface area contributed by atoms with Gasteiger partial charge >= 0.3 is 5.97 Å². The summed E-state index contributed by atoms with van der Waals surface area (Å²) in [5.41, 5.74) is 0.970. The Kier molecular flexibility index (Phi) is 3.42. The number of carboxylic acid groups (broad SMARTS) is 1. The molecule has 4 heteroatoms. The molecule has 1 N–H and O–H groups in total. The highest BCUT2D eigenvalue weighted by atomic mass is 35.5. The van der Waals surface area contributed by atoms with Crippen LogP contribution in [0.3, 0.4) is 0 Å². The van der Waals surface area contributed by atoms with Gasteiger partial charge in [-0.1, -0.05) is 17.7 Å². The van der Waals surface area contributed by atoms with Crippen molar-refractivity contribution < 1.29 is 14.7 Å². The minimum atomic E-state index is -1.03. The zero-order chi connectivity index (χ0) is 10.6. The van der Waals surface area contributed by atoms with Gasteiger partial charge in [0.2, 0.25) is 0 Å². The molecule has 3 nitrogen and oxygen atoms in total. The molecule has 0 atom stereocenters. The van der Waals surface area contributed by atoms with Gasteiger partial charge in [0, 0.05) is 11.6 Å². The largest absolute Gasteiger partial charge is 0.478 e. The third-order valence-electron chi connectivity index (χ3n) is 1.57. The number of halogens is 1. The van der Waals surface area contributed by atoms with E-state index in [1.165, 1.54) is 12.1 Å². The van der Waals surface area contributed by atoms with E-state index in [0.717, 1.165) is 6.08 Å². The van der Waals surface area contributed by atoms with E-state index in [0.29, 0.717) is 22.4 Å². The molecule has 0 heterocycles. The van der Waals surface area contributed by atoms with Crippen molar-refractivity contribution >= 4 is 29.9 Å². The number of hydrogen-bond acceptors (Lipinski definition) is 2. The molecule has 1 aromatic carbocycles. The number of carbonyl (C=O) groups is 2. The van der Waals surface area contributed by atoms with Crippen LogP contribution in [0.5, 0.6) is 0 Å². The highest BCUT2D eigenvalue weighted by Crippen LogP contribution is 2.16. The lowest BCUT2D eigenvalue weighted by molar-refractivity contribution is -0.131. The summed E-state index contributed by atoms with van der Waals surface area (Å²) in [4.78, 5) is 20.7. The van der Waals surface area contributed by atoms with E-state index in [1.54, 1.807) is 12.1 Å². The monoisotopic (exact) mass is 210 g/mol. The minimum absolute atomic E-state index is 0.346. The molecular weight excluding hydrogens is 204 g/mol. The maximum absolute atomic E-state index is 10.5. The van der Waals surface area contributed by atoms with E-state index in [9.17, 15) is 9.59 Å². The van der Waals surface area contributed by atoms with Crippen LogP contribution in [0.15, 0.2) is 24.3 Å². The van der Waals surface area contributed by atoms with Crippen molar-refractivity contribution in [3.05, 3.63) is 40.4 Å². The van der Waals surface area contributed by atoms with E-state index in [4.69, 9.17) is 16.7 Å². The zero-order valence-corrected chi connectivity index (χ0v) is 7.86. The lowest BCUT2D eigenvalue weighted by Gasteiger charge is -1.97. The SMILES string of the molecule is O=Cc1cc(C=CC(=O)O)ccc1Cl. The molecule has 14 heavy (non-hydrogen) atoms. The molecule has 0 unspecified atom stereocenters. The Morgan fingerprint density at radius 3 is 2.71 bits per heavy atom. The van der Waals surface area contributed by atoms with E-state index >= 15 is 0 Å². The standard InChI is InChI=1S/C10H7ClO3/c11-9-3-1-7(2-4-10(13)14)5-8(9)6-12/h1-6H,(H,13,14). The molecule has 1 aromatic rings. The third kappa shape index (κ3) is 2.71. The fourth-order valence-electron chi connectivity index (χ4n) is 0.924. The topological polar surface area (TPSA) is 54.4 Å². The number of aldehydes is 1. The predicted octanol–water partition coefficient (Wildman–Crippen LogP) is 2.25. The molecule has 0 spiro atoms. The second kappa shape index (κ2) is 4.58. The summed E-state index contributed by atoms with van der Waals surface area (Å²) in [5, 5.41) is 8.73. The first-order chi connectivity index (χ1) is 6.63. The van der Waals surface area contributed by atoms with E-state index in [1.807, 2.05) is 0 Å². The van der Waals surface area contributed by atoms with Crippen LogP contribution < -0.4 is 0 Å². The number of carbonyl (C=O) groups excluding carboxylic acids is 1. The molecule has 0 fully saturated rings. The average molecular weight is 211 g/mol. The van der Waals surface area contributed by atoms with Crippen LogP contribution in [-0.4, -0.2) is 17.4 Å². The molecule has 0 radical (unpaired) electrons. The molecule has 1 rings (SSSR count). The fraction of sp³-hybridized carbons (Fsp3) is 0. The van der Waals surface area contributed by atoms with Crippen molar-refractivity contribution in [3.8, 4) is 0 Å². The Bertz CT molecular complexity index is 396. The van der Waals surface area contributed by atoms with E-state index in [-0.39, 0.29) is 0 Å². The van der Waals surface area contributed by atoms with Crippen molar-refractivity contribution in [1.82, 2.24) is 0 Å². The van der Waals surface area contributed by atoms with Crippen LogP contribution in [0.4, 0.5) is 0 Å². The normalized spacial score (nSPS) is 10.4. The van der Waals surface area contributed by atoms with Crippen LogP contribution >= 0.6 is 11.6 Å². The lowest BCUT2D eigenvalue weighted by atomic mass is 10.1. The smallest absolute Gasteiger partial charge is 0.328 e. The summed E-state index contributed by atoms with van der Waals surface area (Å²) >= 11 is 5.69. The highest BCUT2D eigenvalue weighted by molar-refractivity contribution is 6.33. The molecule has 0 aliphatic rings. The highest BCUT2D eigenvalue weighted by Gasteiger charge is 1.98. The quantitative estimate of drug-likeness (QED) is 0.615. The van der Waals surface area contributed by atoms with Crippen molar-refractivity contribution in [2.24, 2.45) is 0 Å². The molecule has 0 aromatic heterocycles. The van der Waals surface area contributed by atoms with E-state index < -0.39 is 5.97 Å². The van der Waals surface area contributed by atoms with Crippen molar-refractivity contribution in [1.29, 1.82) is 0 Å². The minimum Gasteiger partial charge on any atom is -0.478 e.